The van der Waals surface area contributed by atoms with E-state index >= 15 is 0 Å². The molecule has 0 spiro atoms. The van der Waals surface area contributed by atoms with Gasteiger partial charge in [0.25, 0.3) is 0 Å². The standard InChI is InChI=1S/C7H14O3/c1-5-6(2)10-7(9-5)4-8-3/h5-7H,4H2,1-3H3. The fourth-order valence-corrected chi connectivity index (χ4v) is 0.947. The molecule has 2 atom stereocenters. The second-order valence-corrected chi connectivity index (χ2v) is 2.57. The van der Waals surface area contributed by atoms with E-state index in [-0.39, 0.29) is 18.5 Å². The molecule has 0 aromatic heterocycles. The zero-order valence-electron chi connectivity index (χ0n) is 6.66. The Hall–Kier alpha value is -0.120. The van der Waals surface area contributed by atoms with Gasteiger partial charge in [0.2, 0.25) is 0 Å². The van der Waals surface area contributed by atoms with E-state index < -0.39 is 0 Å². The Morgan fingerprint density at radius 1 is 1.20 bits per heavy atom. The number of hydrogen-bond acceptors (Lipinski definition) is 3. The van der Waals surface area contributed by atoms with Crippen LogP contribution in [0.1, 0.15) is 13.8 Å². The third kappa shape index (κ3) is 1.68. The lowest BCUT2D eigenvalue weighted by atomic mass is 10.3. The molecular weight excluding hydrogens is 132 g/mol. The summed E-state index contributed by atoms with van der Waals surface area (Å²) in [5.41, 5.74) is 0. The second-order valence-electron chi connectivity index (χ2n) is 2.57. The van der Waals surface area contributed by atoms with Crippen molar-refractivity contribution in [2.75, 3.05) is 13.7 Å². The summed E-state index contributed by atoms with van der Waals surface area (Å²) in [7, 11) is 1.64. The van der Waals surface area contributed by atoms with E-state index in [2.05, 4.69) is 0 Å². The van der Waals surface area contributed by atoms with Gasteiger partial charge in [-0.05, 0) is 13.8 Å². The van der Waals surface area contributed by atoms with Gasteiger partial charge in [-0.3, -0.25) is 0 Å². The monoisotopic (exact) mass is 146 g/mol. The molecule has 0 N–H and O–H groups in total. The van der Waals surface area contributed by atoms with Crippen LogP contribution in [0.25, 0.3) is 0 Å². The van der Waals surface area contributed by atoms with Crippen LogP contribution >= 0.6 is 0 Å². The molecule has 3 heteroatoms. The van der Waals surface area contributed by atoms with Gasteiger partial charge in [0, 0.05) is 7.11 Å². The van der Waals surface area contributed by atoms with Crippen molar-refractivity contribution in [2.24, 2.45) is 0 Å². The molecule has 3 nitrogen and oxygen atoms in total. The maximum Gasteiger partial charge on any atom is 0.181 e. The minimum Gasteiger partial charge on any atom is -0.379 e. The molecule has 0 saturated carbocycles. The zero-order valence-corrected chi connectivity index (χ0v) is 6.66. The van der Waals surface area contributed by atoms with Crippen LogP contribution in [0, 0.1) is 0 Å². The second kappa shape index (κ2) is 3.32. The van der Waals surface area contributed by atoms with Crippen LogP contribution in [-0.2, 0) is 14.2 Å². The molecule has 1 heterocycles. The normalized spacial score (nSPS) is 40.5. The quantitative estimate of drug-likeness (QED) is 0.576. The lowest BCUT2D eigenvalue weighted by Crippen LogP contribution is -2.15. The van der Waals surface area contributed by atoms with Crippen LogP contribution < -0.4 is 0 Å². The lowest BCUT2D eigenvalue weighted by molar-refractivity contribution is -0.101. The average molecular weight is 146 g/mol. The smallest absolute Gasteiger partial charge is 0.181 e. The van der Waals surface area contributed by atoms with Crippen molar-refractivity contribution in [1.82, 2.24) is 0 Å². The van der Waals surface area contributed by atoms with Gasteiger partial charge in [-0.15, -0.1) is 0 Å². The summed E-state index contributed by atoms with van der Waals surface area (Å²) in [6, 6.07) is 0. The number of rotatable bonds is 2. The van der Waals surface area contributed by atoms with Crippen molar-refractivity contribution in [3.63, 3.8) is 0 Å². The van der Waals surface area contributed by atoms with Gasteiger partial charge in [-0.1, -0.05) is 0 Å². The highest BCUT2D eigenvalue weighted by Crippen LogP contribution is 2.17. The van der Waals surface area contributed by atoms with Gasteiger partial charge in [0.05, 0.1) is 18.8 Å². The molecule has 1 fully saturated rings. The first-order valence-electron chi connectivity index (χ1n) is 3.54. The summed E-state index contributed by atoms with van der Waals surface area (Å²) in [5, 5.41) is 0. The van der Waals surface area contributed by atoms with Gasteiger partial charge < -0.3 is 14.2 Å². The zero-order chi connectivity index (χ0) is 7.56. The summed E-state index contributed by atoms with van der Waals surface area (Å²) >= 11 is 0. The molecule has 1 aliphatic heterocycles. The highest BCUT2D eigenvalue weighted by molar-refractivity contribution is 4.68. The predicted octanol–water partition coefficient (Wildman–Crippen LogP) is 0.783. The topological polar surface area (TPSA) is 27.7 Å². The number of hydrogen-bond donors (Lipinski definition) is 0. The van der Waals surface area contributed by atoms with Crippen LogP contribution in [0.15, 0.2) is 0 Å². The predicted molar refractivity (Wildman–Crippen MR) is 36.8 cm³/mol. The Labute approximate surface area is 61.3 Å². The maximum atomic E-state index is 5.37. The van der Waals surface area contributed by atoms with Gasteiger partial charge in [0.1, 0.15) is 0 Å². The molecule has 1 aliphatic rings. The van der Waals surface area contributed by atoms with E-state index in [1.54, 1.807) is 7.11 Å². The summed E-state index contributed by atoms with van der Waals surface area (Å²) in [4.78, 5) is 0. The SMILES string of the molecule is COCC1OC(C)C(C)O1. The molecule has 1 saturated heterocycles. The Kier molecular flexibility index (Phi) is 2.65. The molecule has 10 heavy (non-hydrogen) atoms. The van der Waals surface area contributed by atoms with E-state index in [4.69, 9.17) is 14.2 Å². The Morgan fingerprint density at radius 3 is 2.10 bits per heavy atom. The largest absolute Gasteiger partial charge is 0.379 e. The molecular formula is C7H14O3. The molecule has 0 amide bonds. The first-order chi connectivity index (χ1) is 4.74. The highest BCUT2D eigenvalue weighted by Gasteiger charge is 2.28. The summed E-state index contributed by atoms with van der Waals surface area (Å²) < 4.78 is 15.6. The van der Waals surface area contributed by atoms with Crippen molar-refractivity contribution in [1.29, 1.82) is 0 Å². The molecule has 0 radical (unpaired) electrons. The fraction of sp³-hybridized carbons (Fsp3) is 1.00. The molecule has 0 aromatic carbocycles. The van der Waals surface area contributed by atoms with Crippen molar-refractivity contribution < 1.29 is 14.2 Å². The maximum absolute atomic E-state index is 5.37. The minimum absolute atomic E-state index is 0.157. The van der Waals surface area contributed by atoms with Crippen LogP contribution in [0.3, 0.4) is 0 Å². The van der Waals surface area contributed by atoms with Gasteiger partial charge >= 0.3 is 0 Å². The Bertz CT molecular complexity index is 95.0. The lowest BCUT2D eigenvalue weighted by Gasteiger charge is -2.06. The molecule has 1 rings (SSSR count). The van der Waals surface area contributed by atoms with E-state index in [0.29, 0.717) is 6.61 Å². The van der Waals surface area contributed by atoms with Crippen LogP contribution in [0.4, 0.5) is 0 Å². The van der Waals surface area contributed by atoms with Crippen molar-refractivity contribution in [3.8, 4) is 0 Å². The number of methoxy groups -OCH3 is 1. The summed E-state index contributed by atoms with van der Waals surface area (Å²) in [6.45, 7) is 4.52. The number of ether oxygens (including phenoxy) is 3. The molecule has 0 bridgehead atoms. The molecule has 60 valence electrons. The van der Waals surface area contributed by atoms with Crippen molar-refractivity contribution >= 4 is 0 Å². The third-order valence-electron chi connectivity index (χ3n) is 1.70. The first kappa shape index (κ1) is 7.98. The van der Waals surface area contributed by atoms with Crippen molar-refractivity contribution in [3.05, 3.63) is 0 Å². The Morgan fingerprint density at radius 2 is 1.70 bits per heavy atom. The summed E-state index contributed by atoms with van der Waals surface area (Å²) in [6.07, 6.45) is 0.232. The van der Waals surface area contributed by atoms with Gasteiger partial charge in [-0.25, -0.2) is 0 Å². The molecule has 0 aromatic rings. The van der Waals surface area contributed by atoms with E-state index in [1.165, 1.54) is 0 Å². The molecule has 2 unspecified atom stereocenters. The van der Waals surface area contributed by atoms with Gasteiger partial charge in [-0.2, -0.15) is 0 Å². The van der Waals surface area contributed by atoms with E-state index in [9.17, 15) is 0 Å². The van der Waals surface area contributed by atoms with E-state index in [1.807, 2.05) is 13.8 Å². The van der Waals surface area contributed by atoms with Crippen LogP contribution in [0.2, 0.25) is 0 Å². The fourth-order valence-electron chi connectivity index (χ4n) is 0.947. The Balaban J connectivity index is 2.27. The van der Waals surface area contributed by atoms with Crippen molar-refractivity contribution in [2.45, 2.75) is 32.3 Å². The van der Waals surface area contributed by atoms with Crippen LogP contribution in [-0.4, -0.2) is 32.2 Å². The highest BCUT2D eigenvalue weighted by atomic mass is 16.7. The average Bonchev–Trinajstić information content (AvgIpc) is 2.14. The molecule has 0 aliphatic carbocycles. The summed E-state index contributed by atoms with van der Waals surface area (Å²) in [5.74, 6) is 0. The van der Waals surface area contributed by atoms with Gasteiger partial charge in [0.15, 0.2) is 6.29 Å². The van der Waals surface area contributed by atoms with Crippen LogP contribution in [0.5, 0.6) is 0 Å². The first-order valence-corrected chi connectivity index (χ1v) is 3.54. The minimum atomic E-state index is -0.157. The van der Waals surface area contributed by atoms with E-state index in [0.717, 1.165) is 0 Å². The third-order valence-corrected chi connectivity index (χ3v) is 1.70.